The first-order valence-corrected chi connectivity index (χ1v) is 5.10. The van der Waals surface area contributed by atoms with Crippen molar-refractivity contribution >= 4 is 17.8 Å². The summed E-state index contributed by atoms with van der Waals surface area (Å²) in [5.41, 5.74) is 2.43. The third-order valence-electron chi connectivity index (χ3n) is 2.73. The van der Waals surface area contributed by atoms with Crippen LogP contribution in [0, 0.1) is 5.92 Å². The number of thiol groups is 1. The Morgan fingerprint density at radius 1 is 1.29 bits per heavy atom. The van der Waals surface area contributed by atoms with E-state index < -0.39 is 0 Å². The highest BCUT2D eigenvalue weighted by Crippen LogP contribution is 2.35. The number of hydrogen-bond acceptors (Lipinski definition) is 2. The van der Waals surface area contributed by atoms with E-state index in [1.54, 1.807) is 0 Å². The van der Waals surface area contributed by atoms with E-state index in [-0.39, 0.29) is 0 Å². The first kappa shape index (κ1) is 8.12. The van der Waals surface area contributed by atoms with E-state index in [0.29, 0.717) is 17.1 Å². The molecule has 0 aromatic heterocycles. The number of hydrogen-bond donors (Lipinski definition) is 2. The lowest BCUT2D eigenvalue weighted by atomic mass is 9.81. The summed E-state index contributed by atoms with van der Waals surface area (Å²) >= 11 is 4.27. The molecule has 1 heterocycles. The van der Waals surface area contributed by atoms with Gasteiger partial charge in [-0.3, -0.25) is 0 Å². The molecule has 2 aliphatic carbocycles. The van der Waals surface area contributed by atoms with Crippen molar-refractivity contribution in [3.05, 3.63) is 47.7 Å². The summed E-state index contributed by atoms with van der Waals surface area (Å²) in [4.78, 5) is 4.39. The SMILES string of the molecule is SC1=NC2=CC=CC3=CC=CC(N1)C32. The Morgan fingerprint density at radius 3 is 3.14 bits per heavy atom. The van der Waals surface area contributed by atoms with Crippen LogP contribution in [0.3, 0.4) is 0 Å². The van der Waals surface area contributed by atoms with Gasteiger partial charge in [-0.15, -0.1) is 12.6 Å². The molecule has 0 saturated carbocycles. The molecule has 14 heavy (non-hydrogen) atoms. The molecular weight excluding hydrogens is 192 g/mol. The van der Waals surface area contributed by atoms with E-state index in [0.717, 1.165) is 5.70 Å². The lowest BCUT2D eigenvalue weighted by Crippen LogP contribution is -2.43. The fourth-order valence-electron chi connectivity index (χ4n) is 2.13. The maximum atomic E-state index is 4.39. The quantitative estimate of drug-likeness (QED) is 0.575. The van der Waals surface area contributed by atoms with Crippen molar-refractivity contribution in [1.29, 1.82) is 0 Å². The molecule has 0 spiro atoms. The standard InChI is InChI=1S/C11H10N2S/c14-11-12-8-5-1-3-7-4-2-6-9(13-11)10(7)8/h1-6,8,10H,(H2,12,13,14). The third-order valence-corrected chi connectivity index (χ3v) is 2.96. The minimum absolute atomic E-state index is 0.316. The average molecular weight is 202 g/mol. The van der Waals surface area contributed by atoms with E-state index in [2.05, 4.69) is 53.3 Å². The lowest BCUT2D eigenvalue weighted by molar-refractivity contribution is 0.555. The smallest absolute Gasteiger partial charge is 0.158 e. The molecule has 3 heteroatoms. The summed E-state index contributed by atoms with van der Waals surface area (Å²) in [7, 11) is 0. The Balaban J connectivity index is 2.15. The molecule has 0 amide bonds. The van der Waals surface area contributed by atoms with Gasteiger partial charge in [-0.2, -0.15) is 0 Å². The summed E-state index contributed by atoms with van der Waals surface area (Å²) in [6.07, 6.45) is 12.6. The number of aliphatic imine (C=N–C) groups is 1. The molecule has 1 N–H and O–H groups in total. The van der Waals surface area contributed by atoms with Crippen LogP contribution in [0.4, 0.5) is 0 Å². The molecule has 0 radical (unpaired) electrons. The molecule has 0 fully saturated rings. The summed E-state index contributed by atoms with van der Waals surface area (Å²) in [6, 6.07) is 0.316. The first-order chi connectivity index (χ1) is 6.84. The number of allylic oxidation sites excluding steroid dienone is 5. The molecule has 2 atom stereocenters. The van der Waals surface area contributed by atoms with Crippen LogP contribution >= 0.6 is 12.6 Å². The number of nitrogens with zero attached hydrogens (tertiary/aromatic N) is 1. The van der Waals surface area contributed by atoms with E-state index in [9.17, 15) is 0 Å². The molecule has 0 aromatic carbocycles. The molecule has 2 nitrogen and oxygen atoms in total. The maximum absolute atomic E-state index is 4.39. The fraction of sp³-hybridized carbons (Fsp3) is 0.182. The Morgan fingerprint density at radius 2 is 2.21 bits per heavy atom. The first-order valence-electron chi connectivity index (χ1n) is 4.65. The van der Waals surface area contributed by atoms with E-state index >= 15 is 0 Å². The average Bonchev–Trinajstić information content (AvgIpc) is 2.18. The van der Waals surface area contributed by atoms with Gasteiger partial charge >= 0.3 is 0 Å². The molecular formula is C11H10N2S. The van der Waals surface area contributed by atoms with E-state index in [1.807, 2.05) is 6.08 Å². The Labute approximate surface area is 88.2 Å². The second-order valence-corrected chi connectivity index (χ2v) is 4.01. The van der Waals surface area contributed by atoms with Gasteiger partial charge in [0.2, 0.25) is 0 Å². The highest BCUT2D eigenvalue weighted by molar-refractivity contribution is 7.96. The van der Waals surface area contributed by atoms with Crippen LogP contribution in [-0.2, 0) is 0 Å². The minimum atomic E-state index is 0.316. The Bertz CT molecular complexity index is 427. The highest BCUT2D eigenvalue weighted by atomic mass is 32.1. The van der Waals surface area contributed by atoms with Gasteiger partial charge in [0, 0.05) is 0 Å². The molecule has 0 saturated heterocycles. The van der Waals surface area contributed by atoms with Gasteiger partial charge in [0.25, 0.3) is 0 Å². The molecule has 0 aromatic rings. The Hall–Kier alpha value is -1.22. The van der Waals surface area contributed by atoms with Crippen molar-refractivity contribution in [2.24, 2.45) is 10.9 Å². The number of nitrogens with one attached hydrogen (secondary N) is 1. The second kappa shape index (κ2) is 2.89. The predicted molar refractivity (Wildman–Crippen MR) is 61.3 cm³/mol. The molecule has 0 bridgehead atoms. The van der Waals surface area contributed by atoms with Gasteiger partial charge in [0.1, 0.15) is 0 Å². The second-order valence-electron chi connectivity index (χ2n) is 3.59. The molecule has 70 valence electrons. The van der Waals surface area contributed by atoms with Gasteiger partial charge < -0.3 is 5.32 Å². The van der Waals surface area contributed by atoms with Crippen molar-refractivity contribution in [2.45, 2.75) is 6.04 Å². The van der Waals surface area contributed by atoms with Crippen molar-refractivity contribution in [2.75, 3.05) is 0 Å². The highest BCUT2D eigenvalue weighted by Gasteiger charge is 2.32. The van der Waals surface area contributed by atoms with Crippen molar-refractivity contribution in [3.8, 4) is 0 Å². The van der Waals surface area contributed by atoms with E-state index in [4.69, 9.17) is 0 Å². The Kier molecular flexibility index (Phi) is 1.67. The van der Waals surface area contributed by atoms with Gasteiger partial charge in [0.05, 0.1) is 17.7 Å². The van der Waals surface area contributed by atoms with E-state index in [1.165, 1.54) is 5.57 Å². The van der Waals surface area contributed by atoms with Crippen molar-refractivity contribution in [3.63, 3.8) is 0 Å². The van der Waals surface area contributed by atoms with Crippen LogP contribution in [0.5, 0.6) is 0 Å². The van der Waals surface area contributed by atoms with Crippen LogP contribution in [0.2, 0.25) is 0 Å². The summed E-state index contributed by atoms with van der Waals surface area (Å²) in [5.74, 6) is 0.376. The van der Waals surface area contributed by atoms with Crippen LogP contribution in [0.1, 0.15) is 0 Å². The summed E-state index contributed by atoms with van der Waals surface area (Å²) in [6.45, 7) is 0. The van der Waals surface area contributed by atoms with Gasteiger partial charge in [-0.25, -0.2) is 4.99 Å². The third kappa shape index (κ3) is 1.09. The fourth-order valence-corrected chi connectivity index (χ4v) is 2.39. The zero-order valence-corrected chi connectivity index (χ0v) is 8.41. The lowest BCUT2D eigenvalue weighted by Gasteiger charge is -2.34. The van der Waals surface area contributed by atoms with Crippen LogP contribution in [0.15, 0.2) is 52.7 Å². The largest absolute Gasteiger partial charge is 0.358 e. The topological polar surface area (TPSA) is 24.4 Å². The molecule has 3 aliphatic rings. The van der Waals surface area contributed by atoms with Gasteiger partial charge in [-0.05, 0) is 11.6 Å². The normalized spacial score (nSPS) is 32.5. The van der Waals surface area contributed by atoms with Crippen molar-refractivity contribution < 1.29 is 0 Å². The molecule has 1 aliphatic heterocycles. The zero-order valence-electron chi connectivity index (χ0n) is 7.51. The number of rotatable bonds is 0. The van der Waals surface area contributed by atoms with Crippen molar-refractivity contribution in [1.82, 2.24) is 5.32 Å². The molecule has 3 rings (SSSR count). The van der Waals surface area contributed by atoms with Crippen LogP contribution < -0.4 is 5.32 Å². The maximum Gasteiger partial charge on any atom is 0.158 e. The number of amidine groups is 1. The van der Waals surface area contributed by atoms with Gasteiger partial charge in [-0.1, -0.05) is 30.4 Å². The zero-order chi connectivity index (χ0) is 9.54. The van der Waals surface area contributed by atoms with Gasteiger partial charge in [0.15, 0.2) is 5.17 Å². The van der Waals surface area contributed by atoms with Crippen LogP contribution in [0.25, 0.3) is 0 Å². The summed E-state index contributed by atoms with van der Waals surface area (Å²) < 4.78 is 0. The molecule has 2 unspecified atom stereocenters. The van der Waals surface area contributed by atoms with Crippen LogP contribution in [-0.4, -0.2) is 11.2 Å². The minimum Gasteiger partial charge on any atom is -0.358 e. The monoisotopic (exact) mass is 202 g/mol. The summed E-state index contributed by atoms with van der Waals surface area (Å²) in [5, 5.41) is 3.97. The predicted octanol–water partition coefficient (Wildman–Crippen LogP) is 1.81.